The van der Waals surface area contributed by atoms with Crippen molar-refractivity contribution in [2.45, 2.75) is 32.2 Å². The Labute approximate surface area is 143 Å². The van der Waals surface area contributed by atoms with Gasteiger partial charge >= 0.3 is 0 Å². The lowest BCUT2D eigenvalue weighted by atomic mass is 10.0. The number of piperidine rings is 1. The Morgan fingerprint density at radius 1 is 1.04 bits per heavy atom. The first-order chi connectivity index (χ1) is 11.8. The molecular formula is C19H26N4O. The van der Waals surface area contributed by atoms with Crippen molar-refractivity contribution in [2.75, 3.05) is 44.3 Å². The monoisotopic (exact) mass is 326 g/mol. The van der Waals surface area contributed by atoms with Crippen molar-refractivity contribution < 1.29 is 4.74 Å². The molecule has 5 heteroatoms. The van der Waals surface area contributed by atoms with E-state index in [1.807, 2.05) is 0 Å². The van der Waals surface area contributed by atoms with Crippen molar-refractivity contribution in [3.8, 4) is 0 Å². The van der Waals surface area contributed by atoms with Crippen molar-refractivity contribution in [1.29, 1.82) is 0 Å². The predicted octanol–water partition coefficient (Wildman–Crippen LogP) is 2.63. The summed E-state index contributed by atoms with van der Waals surface area (Å²) in [5, 5.41) is 1.18. The zero-order chi connectivity index (χ0) is 16.4. The summed E-state index contributed by atoms with van der Waals surface area (Å²) in [5.74, 6) is 1.10. The van der Waals surface area contributed by atoms with Crippen LogP contribution < -0.4 is 4.90 Å². The summed E-state index contributed by atoms with van der Waals surface area (Å²) >= 11 is 0. The molecule has 0 radical (unpaired) electrons. The van der Waals surface area contributed by atoms with Crippen molar-refractivity contribution >= 4 is 16.7 Å². The van der Waals surface area contributed by atoms with E-state index in [0.29, 0.717) is 6.04 Å². The van der Waals surface area contributed by atoms with E-state index in [1.54, 1.807) is 6.33 Å². The topological polar surface area (TPSA) is 41.5 Å². The molecule has 1 aromatic heterocycles. The van der Waals surface area contributed by atoms with Crippen molar-refractivity contribution in [1.82, 2.24) is 14.9 Å². The number of fused-ring (bicyclic) bond motifs is 1. The number of hydrogen-bond acceptors (Lipinski definition) is 5. The summed E-state index contributed by atoms with van der Waals surface area (Å²) in [6.07, 6.45) is 5.29. The van der Waals surface area contributed by atoms with E-state index in [-0.39, 0.29) is 0 Å². The molecule has 128 valence electrons. The molecule has 0 saturated carbocycles. The zero-order valence-corrected chi connectivity index (χ0v) is 14.4. The first-order valence-electron chi connectivity index (χ1n) is 9.10. The van der Waals surface area contributed by atoms with Gasteiger partial charge in [0.25, 0.3) is 0 Å². The summed E-state index contributed by atoms with van der Waals surface area (Å²) in [6, 6.07) is 7.06. The predicted molar refractivity (Wildman–Crippen MR) is 96.5 cm³/mol. The second kappa shape index (κ2) is 7.03. The molecule has 2 aromatic rings. The van der Waals surface area contributed by atoms with Gasteiger partial charge in [0.15, 0.2) is 0 Å². The maximum atomic E-state index is 5.60. The highest BCUT2D eigenvalue weighted by atomic mass is 16.5. The standard InChI is InChI=1S/C19H26N4O/c1-15-4-2-5-17-18(15)20-14-21-19(17)23-9-6-16(7-10-23)22-8-3-12-24-13-11-22/h2,4-5,14,16H,3,6-13H2,1H3. The van der Waals surface area contributed by atoms with Gasteiger partial charge in [-0.05, 0) is 37.8 Å². The van der Waals surface area contributed by atoms with Gasteiger partial charge in [-0.15, -0.1) is 0 Å². The van der Waals surface area contributed by atoms with Crippen LogP contribution in [0.4, 0.5) is 5.82 Å². The number of hydrogen-bond donors (Lipinski definition) is 0. The molecule has 3 heterocycles. The third-order valence-corrected chi connectivity index (χ3v) is 5.38. The van der Waals surface area contributed by atoms with Gasteiger partial charge in [-0.3, -0.25) is 4.90 Å². The molecule has 0 aliphatic carbocycles. The van der Waals surface area contributed by atoms with Crippen LogP contribution in [0.3, 0.4) is 0 Å². The van der Waals surface area contributed by atoms with Gasteiger partial charge < -0.3 is 9.64 Å². The third-order valence-electron chi connectivity index (χ3n) is 5.38. The van der Waals surface area contributed by atoms with Crippen molar-refractivity contribution in [2.24, 2.45) is 0 Å². The molecule has 0 spiro atoms. The normalized spacial score (nSPS) is 21.1. The van der Waals surface area contributed by atoms with Gasteiger partial charge in [0, 0.05) is 44.2 Å². The molecule has 0 unspecified atom stereocenters. The van der Waals surface area contributed by atoms with Gasteiger partial charge in [-0.1, -0.05) is 12.1 Å². The lowest BCUT2D eigenvalue weighted by molar-refractivity contribution is 0.125. The summed E-state index contributed by atoms with van der Waals surface area (Å²) in [6.45, 7) is 8.33. The van der Waals surface area contributed by atoms with E-state index in [9.17, 15) is 0 Å². The molecular weight excluding hydrogens is 300 g/mol. The van der Waals surface area contributed by atoms with Crippen LogP contribution in [0.2, 0.25) is 0 Å². The maximum Gasteiger partial charge on any atom is 0.139 e. The Bertz CT molecular complexity index is 689. The molecule has 0 amide bonds. The van der Waals surface area contributed by atoms with E-state index in [4.69, 9.17) is 4.74 Å². The van der Waals surface area contributed by atoms with E-state index in [1.165, 1.54) is 30.3 Å². The Balaban J connectivity index is 1.49. The fourth-order valence-corrected chi connectivity index (χ4v) is 4.05. The third kappa shape index (κ3) is 3.10. The summed E-state index contributed by atoms with van der Waals surface area (Å²) < 4.78 is 5.60. The maximum absolute atomic E-state index is 5.60. The van der Waals surface area contributed by atoms with Crippen LogP contribution in [0, 0.1) is 6.92 Å². The number of aryl methyl sites for hydroxylation is 1. The Morgan fingerprint density at radius 3 is 2.79 bits per heavy atom. The number of nitrogens with zero attached hydrogens (tertiary/aromatic N) is 4. The van der Waals surface area contributed by atoms with Crippen LogP contribution in [0.15, 0.2) is 24.5 Å². The Kier molecular flexibility index (Phi) is 4.63. The highest BCUT2D eigenvalue weighted by Crippen LogP contribution is 2.28. The molecule has 2 saturated heterocycles. The van der Waals surface area contributed by atoms with E-state index in [0.717, 1.165) is 50.6 Å². The number of anilines is 1. The minimum absolute atomic E-state index is 0.692. The van der Waals surface area contributed by atoms with Gasteiger partial charge in [0.05, 0.1) is 12.1 Å². The SMILES string of the molecule is Cc1cccc2c(N3CCC(N4CCCOCC4)CC3)ncnc12. The zero-order valence-electron chi connectivity index (χ0n) is 14.4. The van der Waals surface area contributed by atoms with Gasteiger partial charge in [0.2, 0.25) is 0 Å². The number of para-hydroxylation sites is 1. The lowest BCUT2D eigenvalue weighted by Crippen LogP contribution is -2.46. The highest BCUT2D eigenvalue weighted by molar-refractivity contribution is 5.91. The fraction of sp³-hybridized carbons (Fsp3) is 0.579. The number of aromatic nitrogens is 2. The highest BCUT2D eigenvalue weighted by Gasteiger charge is 2.26. The first kappa shape index (κ1) is 15.8. The van der Waals surface area contributed by atoms with Gasteiger partial charge in [-0.25, -0.2) is 9.97 Å². The Hall–Kier alpha value is -1.72. The molecule has 2 aliphatic heterocycles. The molecule has 0 bridgehead atoms. The van der Waals surface area contributed by atoms with Gasteiger partial charge in [-0.2, -0.15) is 0 Å². The average Bonchev–Trinajstić information content (AvgIpc) is 2.91. The van der Waals surface area contributed by atoms with Gasteiger partial charge in [0.1, 0.15) is 12.1 Å². The second-order valence-corrected chi connectivity index (χ2v) is 6.89. The Morgan fingerprint density at radius 2 is 1.92 bits per heavy atom. The number of rotatable bonds is 2. The fourth-order valence-electron chi connectivity index (χ4n) is 4.05. The van der Waals surface area contributed by atoms with E-state index < -0.39 is 0 Å². The largest absolute Gasteiger partial charge is 0.380 e. The van der Waals surface area contributed by atoms with Crippen LogP contribution >= 0.6 is 0 Å². The van der Waals surface area contributed by atoms with Crippen LogP contribution in [0.1, 0.15) is 24.8 Å². The number of benzene rings is 1. The van der Waals surface area contributed by atoms with Crippen LogP contribution in [0.5, 0.6) is 0 Å². The molecule has 24 heavy (non-hydrogen) atoms. The second-order valence-electron chi connectivity index (χ2n) is 6.89. The molecule has 5 nitrogen and oxygen atoms in total. The molecule has 4 rings (SSSR count). The molecule has 0 atom stereocenters. The minimum Gasteiger partial charge on any atom is -0.380 e. The van der Waals surface area contributed by atoms with Crippen LogP contribution in [0.25, 0.3) is 10.9 Å². The molecule has 1 aromatic carbocycles. The number of ether oxygens (including phenoxy) is 1. The summed E-state index contributed by atoms with van der Waals surface area (Å²) in [4.78, 5) is 14.2. The smallest absolute Gasteiger partial charge is 0.139 e. The summed E-state index contributed by atoms with van der Waals surface area (Å²) in [5.41, 5.74) is 2.30. The summed E-state index contributed by atoms with van der Waals surface area (Å²) in [7, 11) is 0. The molecule has 0 N–H and O–H groups in total. The average molecular weight is 326 g/mol. The molecule has 2 aliphatic rings. The lowest BCUT2D eigenvalue weighted by Gasteiger charge is -2.38. The van der Waals surface area contributed by atoms with Crippen LogP contribution in [-0.2, 0) is 4.74 Å². The quantitative estimate of drug-likeness (QED) is 0.848. The van der Waals surface area contributed by atoms with Crippen LogP contribution in [-0.4, -0.2) is 60.3 Å². The van der Waals surface area contributed by atoms with E-state index >= 15 is 0 Å². The van der Waals surface area contributed by atoms with Crippen molar-refractivity contribution in [3.05, 3.63) is 30.1 Å². The van der Waals surface area contributed by atoms with Crippen molar-refractivity contribution in [3.63, 3.8) is 0 Å². The molecule has 2 fully saturated rings. The van der Waals surface area contributed by atoms with E-state index in [2.05, 4.69) is 44.9 Å². The minimum atomic E-state index is 0.692. The first-order valence-corrected chi connectivity index (χ1v) is 9.10.